The normalized spacial score (nSPS) is 20.6. The van der Waals surface area contributed by atoms with Gasteiger partial charge in [-0.1, -0.05) is 0 Å². The summed E-state index contributed by atoms with van der Waals surface area (Å²) in [6, 6.07) is 0.601. The number of amides is 1. The maximum absolute atomic E-state index is 11.9. The van der Waals surface area contributed by atoms with Crippen molar-refractivity contribution in [3.8, 4) is 5.75 Å². The number of aryl methyl sites for hydroxylation is 1. The maximum atomic E-state index is 11.9. The number of carboxylic acids is 1. The van der Waals surface area contributed by atoms with Crippen LogP contribution in [0.25, 0.3) is 0 Å². The molecular weight excluding hydrogens is 491 g/mol. The van der Waals surface area contributed by atoms with Gasteiger partial charge >= 0.3 is 12.1 Å². The molecule has 0 radical (unpaired) electrons. The van der Waals surface area contributed by atoms with Crippen LogP contribution < -0.4 is 21.3 Å². The Kier molecular flexibility index (Phi) is 9.97. The van der Waals surface area contributed by atoms with E-state index >= 15 is 0 Å². The molecule has 0 saturated heterocycles. The molecular formula is C18H25BrF3N3O6. The lowest BCUT2D eigenvalue weighted by Crippen LogP contribution is -2.51. The van der Waals surface area contributed by atoms with Gasteiger partial charge in [-0.15, -0.1) is 0 Å². The van der Waals surface area contributed by atoms with Crippen LogP contribution in [0.15, 0.2) is 21.5 Å². The van der Waals surface area contributed by atoms with Gasteiger partial charge in [-0.25, -0.2) is 4.79 Å². The monoisotopic (exact) mass is 515 g/mol. The van der Waals surface area contributed by atoms with Crippen LogP contribution in [0.2, 0.25) is 0 Å². The highest BCUT2D eigenvalue weighted by atomic mass is 79.9. The number of rotatable bonds is 5. The van der Waals surface area contributed by atoms with Gasteiger partial charge in [0, 0.05) is 25.4 Å². The lowest BCUT2D eigenvalue weighted by atomic mass is 9.92. The molecule has 2 atom stereocenters. The first kappa shape index (κ1) is 26.9. The highest BCUT2D eigenvalue weighted by molar-refractivity contribution is 9.10. The Labute approximate surface area is 184 Å². The highest BCUT2D eigenvalue weighted by Crippen LogP contribution is 2.28. The topological polar surface area (TPSA) is 144 Å². The molecule has 0 bridgehead atoms. The molecule has 176 valence electrons. The second-order valence-corrected chi connectivity index (χ2v) is 7.96. The van der Waals surface area contributed by atoms with E-state index in [-0.39, 0.29) is 23.6 Å². The van der Waals surface area contributed by atoms with Gasteiger partial charge in [-0.3, -0.25) is 9.59 Å². The van der Waals surface area contributed by atoms with Crippen LogP contribution in [0, 0.1) is 0 Å². The largest absolute Gasteiger partial charge is 0.490 e. The van der Waals surface area contributed by atoms with Gasteiger partial charge in [0.1, 0.15) is 11.8 Å². The third kappa shape index (κ3) is 8.87. The van der Waals surface area contributed by atoms with Gasteiger partial charge < -0.3 is 30.6 Å². The molecule has 1 amide bonds. The van der Waals surface area contributed by atoms with E-state index in [0.29, 0.717) is 5.75 Å². The summed E-state index contributed by atoms with van der Waals surface area (Å²) in [4.78, 5) is 32.5. The molecule has 1 saturated carbocycles. The quantitative estimate of drug-likeness (QED) is 0.462. The number of hydrogen-bond donors (Lipinski definition) is 4. The number of ether oxygens (including phenoxy) is 1. The van der Waals surface area contributed by atoms with E-state index in [4.69, 9.17) is 20.4 Å². The molecule has 0 aromatic carbocycles. The van der Waals surface area contributed by atoms with E-state index in [1.165, 1.54) is 17.6 Å². The Morgan fingerprint density at radius 3 is 2.29 bits per heavy atom. The van der Waals surface area contributed by atoms with E-state index in [9.17, 15) is 27.9 Å². The number of carbonyl (C=O) groups excluding carboxylic acids is 1. The van der Waals surface area contributed by atoms with Crippen molar-refractivity contribution in [2.24, 2.45) is 12.8 Å². The van der Waals surface area contributed by atoms with Crippen LogP contribution in [0.5, 0.6) is 5.75 Å². The van der Waals surface area contributed by atoms with Crippen LogP contribution >= 0.6 is 15.9 Å². The Bertz CT molecular complexity index is 823. The number of carboxylic acid groups (broad SMARTS) is 1. The van der Waals surface area contributed by atoms with Gasteiger partial charge in [0.15, 0.2) is 0 Å². The predicted octanol–water partition coefficient (Wildman–Crippen LogP) is 1.30. The van der Waals surface area contributed by atoms with E-state index in [1.54, 1.807) is 13.2 Å². The molecule has 1 aromatic rings. The standard InChI is InChI=1S/C16H24BrN3O4.C2HF3O2/c1-9(21)15(18)16(23)19-10-3-5-11(6-4-10)24-13-7-14(22)20(2)8-12(13)17;3-2(4,5)1(6)7/h7-11,15,21H,3-6,18H2,1-2H3,(H,19,23);(H,6,7). The number of aliphatic hydroxyl groups is 1. The van der Waals surface area contributed by atoms with Gasteiger partial charge in [-0.05, 0) is 48.5 Å². The molecule has 31 heavy (non-hydrogen) atoms. The number of hydrogen-bond acceptors (Lipinski definition) is 6. The summed E-state index contributed by atoms with van der Waals surface area (Å²) < 4.78 is 39.9. The van der Waals surface area contributed by atoms with Crippen LogP contribution in [-0.4, -0.2) is 57.1 Å². The predicted molar refractivity (Wildman–Crippen MR) is 108 cm³/mol. The van der Waals surface area contributed by atoms with Gasteiger partial charge in [0.05, 0.1) is 16.7 Å². The van der Waals surface area contributed by atoms with Crippen molar-refractivity contribution < 1.29 is 37.7 Å². The molecule has 1 aliphatic carbocycles. The SMILES string of the molecule is CC(O)C(N)C(=O)NC1CCC(Oc2cc(=O)n(C)cc2Br)CC1.O=C(O)C(F)(F)F. The molecule has 2 rings (SSSR count). The molecule has 1 heterocycles. The molecule has 0 spiro atoms. The zero-order chi connectivity index (χ0) is 23.9. The first-order valence-electron chi connectivity index (χ1n) is 9.29. The Balaban J connectivity index is 0.000000592. The Morgan fingerprint density at radius 2 is 1.84 bits per heavy atom. The van der Waals surface area contributed by atoms with Crippen LogP contribution in [0.3, 0.4) is 0 Å². The minimum absolute atomic E-state index is 0.00648. The second kappa shape index (κ2) is 11.5. The molecule has 1 fully saturated rings. The van der Waals surface area contributed by atoms with Crippen molar-refractivity contribution >= 4 is 27.8 Å². The number of pyridine rings is 1. The zero-order valence-electron chi connectivity index (χ0n) is 16.9. The molecule has 0 aliphatic heterocycles. The van der Waals surface area contributed by atoms with Gasteiger partial charge in [0.25, 0.3) is 5.56 Å². The summed E-state index contributed by atoms with van der Waals surface area (Å²) in [6.07, 6.45) is -1.18. The van der Waals surface area contributed by atoms with Crippen molar-refractivity contribution in [1.82, 2.24) is 9.88 Å². The number of nitrogens with zero attached hydrogens (tertiary/aromatic N) is 1. The third-order valence-electron chi connectivity index (χ3n) is 4.52. The summed E-state index contributed by atoms with van der Waals surface area (Å²) in [7, 11) is 1.68. The second-order valence-electron chi connectivity index (χ2n) is 7.10. The average molecular weight is 516 g/mol. The Hall–Kier alpha value is -2.12. The van der Waals surface area contributed by atoms with Crippen LogP contribution in [0.1, 0.15) is 32.6 Å². The number of alkyl halides is 3. The number of nitrogens with two attached hydrogens (primary N) is 1. The number of aliphatic carboxylic acids is 1. The fourth-order valence-electron chi connectivity index (χ4n) is 2.69. The summed E-state index contributed by atoms with van der Waals surface area (Å²) in [5.74, 6) is -2.54. The highest BCUT2D eigenvalue weighted by Gasteiger charge is 2.38. The molecule has 13 heteroatoms. The van der Waals surface area contributed by atoms with Crippen molar-refractivity contribution in [1.29, 1.82) is 0 Å². The minimum Gasteiger partial charge on any atom is -0.489 e. The first-order chi connectivity index (χ1) is 14.2. The minimum atomic E-state index is -5.08. The number of aromatic nitrogens is 1. The number of aliphatic hydroxyl groups excluding tert-OH is 1. The zero-order valence-corrected chi connectivity index (χ0v) is 18.4. The van der Waals surface area contributed by atoms with Gasteiger partial charge in [-0.2, -0.15) is 13.2 Å². The third-order valence-corrected chi connectivity index (χ3v) is 5.12. The molecule has 1 aromatic heterocycles. The van der Waals surface area contributed by atoms with Crippen LogP contribution in [-0.2, 0) is 16.6 Å². The fraction of sp³-hybridized carbons (Fsp3) is 0.611. The lowest BCUT2D eigenvalue weighted by Gasteiger charge is -2.30. The fourth-order valence-corrected chi connectivity index (χ4v) is 3.21. The number of halogens is 4. The van der Waals surface area contributed by atoms with Gasteiger partial charge in [0.2, 0.25) is 5.91 Å². The summed E-state index contributed by atoms with van der Waals surface area (Å²) in [5.41, 5.74) is 5.50. The molecule has 2 unspecified atom stereocenters. The van der Waals surface area contributed by atoms with Crippen molar-refractivity contribution in [3.63, 3.8) is 0 Å². The van der Waals surface area contributed by atoms with Crippen molar-refractivity contribution in [2.45, 2.75) is 63.1 Å². The van der Waals surface area contributed by atoms with Crippen molar-refractivity contribution in [2.75, 3.05) is 0 Å². The van der Waals surface area contributed by atoms with E-state index in [0.717, 1.165) is 30.2 Å². The summed E-state index contributed by atoms with van der Waals surface area (Å²) in [6.45, 7) is 1.50. The van der Waals surface area contributed by atoms with Crippen molar-refractivity contribution in [3.05, 3.63) is 27.1 Å². The smallest absolute Gasteiger partial charge is 0.489 e. The van der Waals surface area contributed by atoms with E-state index in [2.05, 4.69) is 21.2 Å². The maximum Gasteiger partial charge on any atom is 0.490 e. The van der Waals surface area contributed by atoms with E-state index < -0.39 is 24.3 Å². The van der Waals surface area contributed by atoms with Crippen LogP contribution in [0.4, 0.5) is 13.2 Å². The molecule has 1 aliphatic rings. The first-order valence-corrected chi connectivity index (χ1v) is 10.1. The number of carbonyl (C=O) groups is 2. The Morgan fingerprint density at radius 1 is 1.32 bits per heavy atom. The lowest BCUT2D eigenvalue weighted by molar-refractivity contribution is -0.192. The summed E-state index contributed by atoms with van der Waals surface area (Å²) >= 11 is 3.40. The molecule has 9 nitrogen and oxygen atoms in total. The van der Waals surface area contributed by atoms with E-state index in [1.807, 2.05) is 0 Å². The summed E-state index contributed by atoms with van der Waals surface area (Å²) in [5, 5.41) is 19.4. The average Bonchev–Trinajstić information content (AvgIpc) is 2.66. The number of nitrogens with one attached hydrogen (secondary N) is 1. The molecule has 5 N–H and O–H groups in total.